The molecule has 8 heteroatoms. The monoisotopic (exact) mass is 299 g/mol. The fourth-order valence-electron chi connectivity index (χ4n) is 1.87. The zero-order valence-corrected chi connectivity index (χ0v) is 12.3. The van der Waals surface area contributed by atoms with Crippen molar-refractivity contribution >= 4 is 10.0 Å². The third-order valence-corrected chi connectivity index (χ3v) is 4.48. The van der Waals surface area contributed by atoms with E-state index in [1.807, 2.05) is 0 Å². The number of aliphatic hydroxyl groups excluding tert-OH is 1. The van der Waals surface area contributed by atoms with Crippen molar-refractivity contribution in [2.45, 2.75) is 38.4 Å². The Bertz CT molecular complexity index is 702. The van der Waals surface area contributed by atoms with Crippen molar-refractivity contribution in [1.29, 1.82) is 0 Å². The molecule has 0 bridgehead atoms. The lowest BCUT2D eigenvalue weighted by molar-refractivity contribution is 0.277. The lowest BCUT2D eigenvalue weighted by Crippen LogP contribution is -2.27. The lowest BCUT2D eigenvalue weighted by atomic mass is 10.3. The van der Waals surface area contributed by atoms with Gasteiger partial charge in [-0.3, -0.25) is 5.10 Å². The van der Waals surface area contributed by atoms with E-state index in [1.165, 1.54) is 0 Å². The van der Waals surface area contributed by atoms with Gasteiger partial charge in [-0.25, -0.2) is 8.42 Å². The molecule has 0 radical (unpaired) electrons. The number of aliphatic hydroxyl groups is 1. The van der Waals surface area contributed by atoms with Crippen molar-refractivity contribution in [2.75, 3.05) is 0 Å². The highest BCUT2D eigenvalue weighted by molar-refractivity contribution is 7.89. The summed E-state index contributed by atoms with van der Waals surface area (Å²) >= 11 is 0. The molecule has 0 spiro atoms. The molecule has 0 aliphatic carbocycles. The quantitative estimate of drug-likeness (QED) is 0.767. The second kappa shape index (κ2) is 5.39. The number of rotatable bonds is 5. The van der Waals surface area contributed by atoms with Crippen LogP contribution in [0.5, 0.6) is 0 Å². The van der Waals surface area contributed by atoms with Gasteiger partial charge in [0, 0.05) is 11.3 Å². The normalized spacial score (nSPS) is 13.6. The summed E-state index contributed by atoms with van der Waals surface area (Å²) in [5, 5.41) is 15.4. The number of H-pyrrole nitrogens is 1. The van der Waals surface area contributed by atoms with Crippen LogP contribution in [0.3, 0.4) is 0 Å². The number of aromatic nitrogens is 2. The van der Waals surface area contributed by atoms with Gasteiger partial charge in [0.05, 0.1) is 12.6 Å². The second-order valence-electron chi connectivity index (χ2n) is 4.58. The van der Waals surface area contributed by atoms with Gasteiger partial charge in [-0.15, -0.1) is 0 Å². The molecule has 0 saturated carbocycles. The third-order valence-electron chi connectivity index (χ3n) is 2.97. The van der Waals surface area contributed by atoms with Crippen molar-refractivity contribution in [3.63, 3.8) is 0 Å². The highest BCUT2D eigenvalue weighted by Gasteiger charge is 2.26. The molecule has 3 N–H and O–H groups in total. The lowest BCUT2D eigenvalue weighted by Gasteiger charge is -2.11. The predicted octanol–water partition coefficient (Wildman–Crippen LogP) is 1.15. The Morgan fingerprint density at radius 3 is 2.70 bits per heavy atom. The van der Waals surface area contributed by atoms with Gasteiger partial charge in [0.1, 0.15) is 11.5 Å². The number of hydrogen-bond acceptors (Lipinski definition) is 5. The van der Waals surface area contributed by atoms with E-state index in [1.54, 1.807) is 32.9 Å². The number of aryl methyl sites for hydroxylation is 2. The van der Waals surface area contributed by atoms with Gasteiger partial charge in [-0.05, 0) is 32.9 Å². The van der Waals surface area contributed by atoms with Gasteiger partial charge in [0.15, 0.2) is 5.03 Å². The standard InChI is InChI=1S/C12H17N3O4S/c1-7-4-5-11(19-7)9(3)15-20(17,18)12-10(6-16)8(2)13-14-12/h4-5,9,15-16H,6H2,1-3H3,(H,13,14). The highest BCUT2D eigenvalue weighted by Crippen LogP contribution is 2.21. The maximum absolute atomic E-state index is 12.3. The fraction of sp³-hybridized carbons (Fsp3) is 0.417. The van der Waals surface area contributed by atoms with Gasteiger partial charge < -0.3 is 9.52 Å². The van der Waals surface area contributed by atoms with Crippen molar-refractivity contribution in [2.24, 2.45) is 0 Å². The second-order valence-corrected chi connectivity index (χ2v) is 6.21. The van der Waals surface area contributed by atoms with Crippen LogP contribution in [0, 0.1) is 13.8 Å². The van der Waals surface area contributed by atoms with E-state index in [4.69, 9.17) is 4.42 Å². The smallest absolute Gasteiger partial charge is 0.260 e. The van der Waals surface area contributed by atoms with Gasteiger partial charge >= 0.3 is 0 Å². The van der Waals surface area contributed by atoms with E-state index in [0.717, 1.165) is 0 Å². The first-order chi connectivity index (χ1) is 9.35. The first-order valence-corrected chi connectivity index (χ1v) is 7.57. The summed E-state index contributed by atoms with van der Waals surface area (Å²) in [6.45, 7) is 4.71. The summed E-state index contributed by atoms with van der Waals surface area (Å²) in [6, 6.07) is 2.95. The molecular formula is C12H17N3O4S. The molecule has 7 nitrogen and oxygen atoms in total. The zero-order chi connectivity index (χ0) is 14.9. The van der Waals surface area contributed by atoms with E-state index in [2.05, 4.69) is 14.9 Å². The number of nitrogens with one attached hydrogen (secondary N) is 2. The first kappa shape index (κ1) is 14.8. The Morgan fingerprint density at radius 2 is 2.15 bits per heavy atom. The van der Waals surface area contributed by atoms with E-state index < -0.39 is 22.7 Å². The predicted molar refractivity (Wildman–Crippen MR) is 71.4 cm³/mol. The van der Waals surface area contributed by atoms with Crippen molar-refractivity contribution in [1.82, 2.24) is 14.9 Å². The topological polar surface area (TPSA) is 108 Å². The van der Waals surface area contributed by atoms with E-state index >= 15 is 0 Å². The number of furan rings is 1. The van der Waals surface area contributed by atoms with Crippen LogP contribution in [-0.4, -0.2) is 23.7 Å². The zero-order valence-electron chi connectivity index (χ0n) is 11.5. The minimum Gasteiger partial charge on any atom is -0.465 e. The Morgan fingerprint density at radius 1 is 1.45 bits per heavy atom. The van der Waals surface area contributed by atoms with Gasteiger partial charge in [-0.2, -0.15) is 9.82 Å². The summed E-state index contributed by atoms with van der Waals surface area (Å²) in [6.07, 6.45) is 0. The summed E-state index contributed by atoms with van der Waals surface area (Å²) in [4.78, 5) is 0. The highest BCUT2D eigenvalue weighted by atomic mass is 32.2. The molecular weight excluding hydrogens is 282 g/mol. The molecule has 0 aromatic carbocycles. The first-order valence-electron chi connectivity index (χ1n) is 6.08. The van der Waals surface area contributed by atoms with Crippen molar-refractivity contribution < 1.29 is 17.9 Å². The van der Waals surface area contributed by atoms with Crippen LogP contribution in [0.25, 0.3) is 0 Å². The van der Waals surface area contributed by atoms with E-state index in [-0.39, 0.29) is 10.6 Å². The largest absolute Gasteiger partial charge is 0.465 e. The molecule has 2 heterocycles. The molecule has 20 heavy (non-hydrogen) atoms. The molecule has 1 unspecified atom stereocenters. The molecule has 0 fully saturated rings. The van der Waals surface area contributed by atoms with Gasteiger partial charge in [0.2, 0.25) is 0 Å². The maximum Gasteiger partial charge on any atom is 0.260 e. The number of nitrogens with zero attached hydrogens (tertiary/aromatic N) is 1. The van der Waals surface area contributed by atoms with Crippen molar-refractivity contribution in [3.05, 3.63) is 34.9 Å². The van der Waals surface area contributed by atoms with Crippen LogP contribution >= 0.6 is 0 Å². The van der Waals surface area contributed by atoms with Crippen LogP contribution in [0.15, 0.2) is 21.6 Å². The van der Waals surface area contributed by atoms with E-state index in [0.29, 0.717) is 17.2 Å². The maximum atomic E-state index is 12.3. The molecule has 2 rings (SSSR count). The number of aromatic amines is 1. The molecule has 1 atom stereocenters. The van der Waals surface area contributed by atoms with Crippen LogP contribution in [0.4, 0.5) is 0 Å². The van der Waals surface area contributed by atoms with Crippen LogP contribution in [0.1, 0.15) is 35.7 Å². The number of hydrogen-bond donors (Lipinski definition) is 3. The molecule has 0 aliphatic rings. The minimum absolute atomic E-state index is 0.187. The SMILES string of the molecule is Cc1ccc(C(C)NS(=O)(=O)c2n[nH]c(C)c2CO)o1. The summed E-state index contributed by atoms with van der Waals surface area (Å²) < 4.78 is 32.4. The van der Waals surface area contributed by atoms with Gasteiger partial charge in [0.25, 0.3) is 10.0 Å². The molecule has 2 aromatic heterocycles. The summed E-state index contributed by atoms with van der Waals surface area (Å²) in [5.74, 6) is 1.22. The molecule has 110 valence electrons. The average Bonchev–Trinajstić information content (AvgIpc) is 2.95. The van der Waals surface area contributed by atoms with E-state index in [9.17, 15) is 13.5 Å². The fourth-order valence-corrected chi connectivity index (χ4v) is 3.27. The summed E-state index contributed by atoms with van der Waals surface area (Å²) in [5.41, 5.74) is 0.787. The Hall–Kier alpha value is -1.64. The molecule has 0 saturated heterocycles. The van der Waals surface area contributed by atoms with Crippen molar-refractivity contribution in [3.8, 4) is 0 Å². The van der Waals surface area contributed by atoms with Gasteiger partial charge in [-0.1, -0.05) is 0 Å². The van der Waals surface area contributed by atoms with Crippen LogP contribution < -0.4 is 4.72 Å². The summed E-state index contributed by atoms with van der Waals surface area (Å²) in [7, 11) is -3.83. The van der Waals surface area contributed by atoms with Crippen LogP contribution in [-0.2, 0) is 16.6 Å². The third kappa shape index (κ3) is 2.77. The number of sulfonamides is 1. The molecule has 2 aromatic rings. The Kier molecular flexibility index (Phi) is 3.98. The Labute approximate surface area is 117 Å². The molecule has 0 aliphatic heterocycles. The Balaban J connectivity index is 2.27. The molecule has 0 amide bonds. The minimum atomic E-state index is -3.83. The average molecular weight is 299 g/mol. The van der Waals surface area contributed by atoms with Crippen LogP contribution in [0.2, 0.25) is 0 Å².